The van der Waals surface area contributed by atoms with Crippen molar-refractivity contribution in [1.82, 2.24) is 20.5 Å². The number of carbonyl (C=O) groups is 2. The van der Waals surface area contributed by atoms with E-state index >= 15 is 0 Å². The van der Waals surface area contributed by atoms with Gasteiger partial charge < -0.3 is 20.4 Å². The number of pyridine rings is 1. The maximum Gasteiger partial charge on any atom is 0.317 e. The van der Waals surface area contributed by atoms with Crippen LogP contribution in [-0.2, 0) is 16.2 Å². The highest BCUT2D eigenvalue weighted by Gasteiger charge is 2.47. The molecular weight excluding hydrogens is 322 g/mol. The first-order valence-corrected chi connectivity index (χ1v) is 8.45. The number of likely N-dealkylation sites (tertiary alicyclic amines) is 1. The Bertz CT molecular complexity index is 676. The number of rotatable bonds is 4. The molecule has 1 atom stereocenters. The summed E-state index contributed by atoms with van der Waals surface area (Å²) in [5.41, 5.74) is 0.715. The molecule has 134 valence electrons. The normalized spacial score (nSPS) is 22.0. The Morgan fingerprint density at radius 2 is 2.28 bits per heavy atom. The second kappa shape index (κ2) is 7.08. The smallest absolute Gasteiger partial charge is 0.317 e. The summed E-state index contributed by atoms with van der Waals surface area (Å²) >= 11 is 0. The molecule has 0 saturated carbocycles. The third-order valence-electron chi connectivity index (χ3n) is 4.29. The largest absolute Gasteiger partial charge is 0.386 e. The van der Waals surface area contributed by atoms with Crippen molar-refractivity contribution in [1.29, 1.82) is 0 Å². The van der Waals surface area contributed by atoms with Crippen LogP contribution in [-0.4, -0.2) is 52.3 Å². The van der Waals surface area contributed by atoms with Crippen molar-refractivity contribution < 1.29 is 14.4 Å². The molecule has 2 aliphatic heterocycles. The highest BCUT2D eigenvalue weighted by atomic mass is 16.7. The minimum atomic E-state index is -0.574. The maximum atomic E-state index is 12.3. The van der Waals surface area contributed by atoms with Gasteiger partial charge >= 0.3 is 6.03 Å². The number of aromatic nitrogens is 1. The van der Waals surface area contributed by atoms with Crippen LogP contribution in [0, 0.1) is 0 Å². The highest BCUT2D eigenvalue weighted by molar-refractivity contribution is 6.39. The summed E-state index contributed by atoms with van der Waals surface area (Å²) in [5.74, 6) is -0.245. The predicted octanol–water partition coefficient (Wildman–Crippen LogP) is 1.04. The summed E-state index contributed by atoms with van der Waals surface area (Å²) in [6, 6.07) is 3.69. The van der Waals surface area contributed by atoms with E-state index in [4.69, 9.17) is 4.84 Å². The molecule has 0 unspecified atom stereocenters. The Kier molecular flexibility index (Phi) is 4.87. The van der Waals surface area contributed by atoms with Crippen LogP contribution in [0.4, 0.5) is 4.79 Å². The lowest BCUT2D eigenvalue weighted by molar-refractivity contribution is -0.115. The van der Waals surface area contributed by atoms with Crippen LogP contribution in [0.2, 0.25) is 0 Å². The SMILES string of the molecule is CC(C)NC(=O)N1CC[C@]2(CC(C(=O)NCc3cccnc3)=NO2)C1. The molecule has 1 aromatic rings. The van der Waals surface area contributed by atoms with Gasteiger partial charge in [0.05, 0.1) is 6.54 Å². The lowest BCUT2D eigenvalue weighted by Gasteiger charge is -2.22. The van der Waals surface area contributed by atoms with Crippen LogP contribution in [0.1, 0.15) is 32.3 Å². The fraction of sp³-hybridized carbons (Fsp3) is 0.529. The molecule has 2 aliphatic rings. The van der Waals surface area contributed by atoms with E-state index in [1.165, 1.54) is 0 Å². The van der Waals surface area contributed by atoms with E-state index in [0.29, 0.717) is 38.2 Å². The molecule has 3 rings (SSSR count). The zero-order chi connectivity index (χ0) is 17.9. The molecule has 0 aromatic carbocycles. The van der Waals surface area contributed by atoms with Crippen LogP contribution in [0.3, 0.4) is 0 Å². The third-order valence-corrected chi connectivity index (χ3v) is 4.29. The number of nitrogens with one attached hydrogen (secondary N) is 2. The van der Waals surface area contributed by atoms with Crippen LogP contribution >= 0.6 is 0 Å². The molecule has 8 heteroatoms. The van der Waals surface area contributed by atoms with Crippen LogP contribution in [0.25, 0.3) is 0 Å². The monoisotopic (exact) mass is 345 g/mol. The van der Waals surface area contributed by atoms with Crippen LogP contribution in [0.5, 0.6) is 0 Å². The van der Waals surface area contributed by atoms with Gasteiger partial charge in [0, 0.05) is 44.4 Å². The maximum absolute atomic E-state index is 12.3. The van der Waals surface area contributed by atoms with Gasteiger partial charge in [-0.1, -0.05) is 11.2 Å². The van der Waals surface area contributed by atoms with Crippen molar-refractivity contribution in [3.63, 3.8) is 0 Å². The van der Waals surface area contributed by atoms with Gasteiger partial charge in [-0.2, -0.15) is 0 Å². The summed E-state index contributed by atoms with van der Waals surface area (Å²) in [5, 5.41) is 9.67. The van der Waals surface area contributed by atoms with E-state index in [1.807, 2.05) is 26.0 Å². The van der Waals surface area contributed by atoms with Crippen LogP contribution < -0.4 is 10.6 Å². The molecule has 1 saturated heterocycles. The molecule has 1 spiro atoms. The lowest BCUT2D eigenvalue weighted by atomic mass is 9.96. The van der Waals surface area contributed by atoms with E-state index in [1.54, 1.807) is 17.3 Å². The first kappa shape index (κ1) is 17.2. The van der Waals surface area contributed by atoms with Crippen molar-refractivity contribution in [2.75, 3.05) is 13.1 Å². The molecule has 0 aliphatic carbocycles. The van der Waals surface area contributed by atoms with E-state index < -0.39 is 5.60 Å². The summed E-state index contributed by atoms with van der Waals surface area (Å²) in [6.45, 7) is 5.27. The average molecular weight is 345 g/mol. The molecule has 2 N–H and O–H groups in total. The average Bonchev–Trinajstić information content (AvgIpc) is 3.21. The second-order valence-corrected chi connectivity index (χ2v) is 6.81. The first-order valence-electron chi connectivity index (χ1n) is 8.45. The van der Waals surface area contributed by atoms with Gasteiger partial charge in [0.2, 0.25) is 0 Å². The minimum Gasteiger partial charge on any atom is -0.386 e. The molecule has 0 radical (unpaired) electrons. The molecule has 3 heterocycles. The number of nitrogens with zero attached hydrogens (tertiary/aromatic N) is 3. The third kappa shape index (κ3) is 4.07. The van der Waals surface area contributed by atoms with Crippen molar-refractivity contribution >= 4 is 17.6 Å². The molecule has 3 amide bonds. The standard InChI is InChI=1S/C17H23N5O3/c1-12(2)20-16(24)22-7-5-17(11-22)8-14(21-25-17)15(23)19-10-13-4-3-6-18-9-13/h3-4,6,9,12H,5,7-8,10-11H2,1-2H3,(H,19,23)(H,20,24)/t17-/m0/s1. The van der Waals surface area contributed by atoms with Gasteiger partial charge in [-0.05, 0) is 25.5 Å². The summed E-state index contributed by atoms with van der Waals surface area (Å²) in [7, 11) is 0. The van der Waals surface area contributed by atoms with Gasteiger partial charge in [-0.25, -0.2) is 4.79 Å². The molecule has 25 heavy (non-hydrogen) atoms. The fourth-order valence-corrected chi connectivity index (χ4v) is 3.01. The van der Waals surface area contributed by atoms with E-state index in [2.05, 4.69) is 20.8 Å². The number of hydrogen-bond acceptors (Lipinski definition) is 5. The highest BCUT2D eigenvalue weighted by Crippen LogP contribution is 2.33. The zero-order valence-corrected chi connectivity index (χ0v) is 14.5. The van der Waals surface area contributed by atoms with Crippen molar-refractivity contribution in [3.05, 3.63) is 30.1 Å². The Morgan fingerprint density at radius 1 is 1.44 bits per heavy atom. The number of hydrogen-bond donors (Lipinski definition) is 2. The Hall–Kier alpha value is -2.64. The van der Waals surface area contributed by atoms with Gasteiger partial charge in [0.1, 0.15) is 5.71 Å². The number of oxime groups is 1. The molecule has 1 aromatic heterocycles. The molecule has 1 fully saturated rings. The van der Waals surface area contributed by atoms with Crippen molar-refractivity contribution in [2.24, 2.45) is 5.16 Å². The van der Waals surface area contributed by atoms with Crippen molar-refractivity contribution in [2.45, 2.75) is 44.9 Å². The van der Waals surface area contributed by atoms with Gasteiger partial charge in [0.25, 0.3) is 5.91 Å². The molecule has 0 bridgehead atoms. The summed E-state index contributed by atoms with van der Waals surface area (Å²) < 4.78 is 0. The Morgan fingerprint density at radius 3 is 3.00 bits per heavy atom. The first-order chi connectivity index (χ1) is 12.0. The summed E-state index contributed by atoms with van der Waals surface area (Å²) in [6.07, 6.45) is 4.47. The quantitative estimate of drug-likeness (QED) is 0.852. The molecule has 8 nitrogen and oxygen atoms in total. The summed E-state index contributed by atoms with van der Waals surface area (Å²) in [4.78, 5) is 35.7. The van der Waals surface area contributed by atoms with Crippen LogP contribution in [0.15, 0.2) is 29.7 Å². The van der Waals surface area contributed by atoms with E-state index in [9.17, 15) is 9.59 Å². The predicted molar refractivity (Wildman–Crippen MR) is 91.8 cm³/mol. The number of amides is 3. The zero-order valence-electron chi connectivity index (χ0n) is 14.5. The lowest BCUT2D eigenvalue weighted by Crippen LogP contribution is -2.44. The van der Waals surface area contributed by atoms with Gasteiger partial charge in [-0.15, -0.1) is 0 Å². The second-order valence-electron chi connectivity index (χ2n) is 6.81. The number of carbonyl (C=O) groups excluding carboxylic acids is 2. The topological polar surface area (TPSA) is 95.9 Å². The number of urea groups is 1. The minimum absolute atomic E-state index is 0.0820. The van der Waals surface area contributed by atoms with E-state index in [-0.39, 0.29) is 18.0 Å². The van der Waals surface area contributed by atoms with E-state index in [0.717, 1.165) is 5.56 Å². The molecular formula is C17H23N5O3. The van der Waals surface area contributed by atoms with Gasteiger partial charge in [0.15, 0.2) is 5.60 Å². The van der Waals surface area contributed by atoms with Crippen molar-refractivity contribution in [3.8, 4) is 0 Å². The fourth-order valence-electron chi connectivity index (χ4n) is 3.01. The Labute approximate surface area is 146 Å². The Balaban J connectivity index is 1.51. The van der Waals surface area contributed by atoms with Gasteiger partial charge in [-0.3, -0.25) is 9.78 Å².